The summed E-state index contributed by atoms with van der Waals surface area (Å²) < 4.78 is 34.3. The van der Waals surface area contributed by atoms with Crippen LogP contribution in [0.4, 0.5) is 0 Å². The average Bonchev–Trinajstić information content (AvgIpc) is 3.30. The van der Waals surface area contributed by atoms with E-state index in [0.29, 0.717) is 13.0 Å². The van der Waals surface area contributed by atoms with Crippen LogP contribution in [-0.2, 0) is 27.9 Å². The van der Waals surface area contributed by atoms with Gasteiger partial charge in [0.1, 0.15) is 42.7 Å². The molecule has 0 amide bonds. The Labute approximate surface area is 402 Å². The molecule has 0 heterocycles. The van der Waals surface area contributed by atoms with Crippen LogP contribution in [0.25, 0.3) is 0 Å². The summed E-state index contributed by atoms with van der Waals surface area (Å²) >= 11 is 0. The summed E-state index contributed by atoms with van der Waals surface area (Å²) in [7, 11) is -5.02. The van der Waals surface area contributed by atoms with E-state index >= 15 is 0 Å². The Balaban J connectivity index is 2.30. The highest BCUT2D eigenvalue weighted by Crippen LogP contribution is 2.47. The van der Waals surface area contributed by atoms with Crippen LogP contribution in [0.5, 0.6) is 0 Å². The normalized spacial score (nSPS) is 21.6. The van der Waals surface area contributed by atoms with E-state index in [4.69, 9.17) is 18.5 Å². The molecular weight excluding hydrogens is 860 g/mol. The molecule has 1 fully saturated rings. The van der Waals surface area contributed by atoms with Gasteiger partial charge in [0, 0.05) is 13.0 Å². The number of aliphatic hydroxyl groups is 5. The van der Waals surface area contributed by atoms with Crippen molar-refractivity contribution in [3.05, 3.63) is 36.5 Å². The zero-order chi connectivity index (χ0) is 48.4. The lowest BCUT2D eigenvalue weighted by molar-refractivity contribution is -0.220. The third kappa shape index (κ3) is 34.8. The summed E-state index contributed by atoms with van der Waals surface area (Å²) in [6, 6.07) is 0. The maximum atomic E-state index is 12.9. The lowest BCUT2D eigenvalue weighted by Gasteiger charge is -2.41. The molecule has 6 N–H and O–H groups in total. The molecule has 12 nitrogen and oxygen atoms in total. The van der Waals surface area contributed by atoms with Crippen LogP contribution in [0.15, 0.2) is 36.5 Å². The van der Waals surface area contributed by atoms with E-state index in [1.165, 1.54) is 128 Å². The smallest absolute Gasteiger partial charge is 0.457 e. The predicted octanol–water partition coefficient (Wildman–Crippen LogP) is 12.2. The minimum Gasteiger partial charge on any atom is -0.457 e. The van der Waals surface area contributed by atoms with Crippen molar-refractivity contribution in [2.45, 2.75) is 275 Å². The number of carbonyl (C=O) groups is 1. The number of allylic oxidation sites excluding steroid dienone is 6. The molecule has 0 aromatic carbocycles. The van der Waals surface area contributed by atoms with Crippen LogP contribution >= 0.6 is 7.82 Å². The number of esters is 1. The lowest BCUT2D eigenvalue weighted by Crippen LogP contribution is -2.64. The van der Waals surface area contributed by atoms with E-state index in [1.807, 2.05) is 0 Å². The molecule has 1 aliphatic carbocycles. The maximum absolute atomic E-state index is 12.9. The number of ether oxygens (including phenoxy) is 2. The van der Waals surface area contributed by atoms with Crippen LogP contribution in [0.3, 0.4) is 0 Å². The average molecular weight is 959 g/mol. The van der Waals surface area contributed by atoms with Crippen molar-refractivity contribution in [3.63, 3.8) is 0 Å². The van der Waals surface area contributed by atoms with Gasteiger partial charge in [-0.05, 0) is 44.9 Å². The number of aliphatic hydroxyl groups excluding tert-OH is 5. The summed E-state index contributed by atoms with van der Waals surface area (Å²) in [6.07, 6.45) is 40.7. The highest BCUT2D eigenvalue weighted by atomic mass is 31.2. The number of phosphoric ester groups is 1. The number of unbranched alkanes of at least 4 members (excludes halogenated alkanes) is 28. The molecule has 0 aromatic rings. The van der Waals surface area contributed by atoms with Gasteiger partial charge in [-0.25, -0.2) is 4.57 Å². The number of hydrogen-bond acceptors (Lipinski definition) is 11. The molecule has 6 unspecified atom stereocenters. The molecule has 13 heteroatoms. The highest BCUT2D eigenvalue weighted by molar-refractivity contribution is 7.47. The highest BCUT2D eigenvalue weighted by Gasteiger charge is 2.51. The maximum Gasteiger partial charge on any atom is 0.472 e. The molecule has 0 saturated heterocycles. The first kappa shape index (κ1) is 62.6. The SMILES string of the molecule is CC/C=C\C/C=C\C/C=C\CCCCCCCCCC(=O)OC(COCCCCCCCCCCCCCCCCCCCCCCCC)COP(=O)(O)OC1C(O)C(O)C(O)C(O)C1O. The van der Waals surface area contributed by atoms with Crippen molar-refractivity contribution >= 4 is 13.8 Å². The number of rotatable bonds is 46. The molecule has 0 spiro atoms. The second kappa shape index (κ2) is 43.6. The summed E-state index contributed by atoms with van der Waals surface area (Å²) in [5, 5.41) is 50.3. The van der Waals surface area contributed by atoms with Crippen LogP contribution < -0.4 is 0 Å². The van der Waals surface area contributed by atoms with E-state index in [-0.39, 0.29) is 13.0 Å². The first-order chi connectivity index (χ1) is 32.0. The summed E-state index contributed by atoms with van der Waals surface area (Å²) in [5.41, 5.74) is 0. The summed E-state index contributed by atoms with van der Waals surface area (Å²) in [5.74, 6) is -0.484. The van der Waals surface area contributed by atoms with Gasteiger partial charge >= 0.3 is 13.8 Å². The van der Waals surface area contributed by atoms with E-state index < -0.39 is 63.1 Å². The molecule has 0 aromatic heterocycles. The zero-order valence-corrected chi connectivity index (χ0v) is 42.6. The van der Waals surface area contributed by atoms with Gasteiger partial charge in [-0.2, -0.15) is 0 Å². The number of carbonyl (C=O) groups excluding carboxylic acids is 1. The van der Waals surface area contributed by atoms with Crippen molar-refractivity contribution in [2.75, 3.05) is 19.8 Å². The van der Waals surface area contributed by atoms with Gasteiger partial charge in [-0.3, -0.25) is 13.8 Å². The quantitative estimate of drug-likeness (QED) is 0.0147. The molecule has 1 aliphatic rings. The summed E-state index contributed by atoms with van der Waals surface area (Å²) in [6.45, 7) is 4.18. The van der Waals surface area contributed by atoms with Gasteiger partial charge in [0.15, 0.2) is 0 Å². The van der Waals surface area contributed by atoms with Gasteiger partial charge in [0.25, 0.3) is 0 Å². The first-order valence-corrected chi connectivity index (χ1v) is 28.3. The standard InChI is InChI=1S/C53H99O12P/c1-3-5-7-9-11-13-15-17-19-21-22-23-24-25-27-29-31-33-35-37-39-41-43-62-44-46(45-63-66(60,61)65-53-51(58)49(56)48(55)50(57)52(53)59)64-47(54)42-40-38-36-34-32-30-28-26-20-18-16-14-12-10-8-6-4-2/h6,8,12,14,18,20,46,48-53,55-59H,3-5,7,9-11,13,15-17,19,21-45H2,1-2H3,(H,60,61)/b8-6-,14-12-,20-18-. The molecule has 0 radical (unpaired) electrons. The van der Waals surface area contributed by atoms with Crippen LogP contribution in [0.1, 0.15) is 232 Å². The minimum absolute atomic E-state index is 0.0776. The fourth-order valence-corrected chi connectivity index (χ4v) is 9.29. The van der Waals surface area contributed by atoms with Crippen LogP contribution in [-0.4, -0.2) is 98.9 Å². The van der Waals surface area contributed by atoms with Crippen molar-refractivity contribution < 1.29 is 58.3 Å². The van der Waals surface area contributed by atoms with Crippen molar-refractivity contribution in [1.29, 1.82) is 0 Å². The molecule has 1 saturated carbocycles. The van der Waals surface area contributed by atoms with E-state index in [0.717, 1.165) is 77.0 Å². The molecular formula is C53H99O12P. The third-order valence-electron chi connectivity index (χ3n) is 12.5. The zero-order valence-electron chi connectivity index (χ0n) is 41.7. The van der Waals surface area contributed by atoms with Gasteiger partial charge < -0.3 is 39.9 Å². The van der Waals surface area contributed by atoms with Gasteiger partial charge in [-0.15, -0.1) is 0 Å². The molecule has 1 rings (SSSR count). The predicted molar refractivity (Wildman–Crippen MR) is 267 cm³/mol. The molecule has 66 heavy (non-hydrogen) atoms. The van der Waals surface area contributed by atoms with E-state index in [9.17, 15) is 39.8 Å². The Morgan fingerprint density at radius 2 is 0.894 bits per heavy atom. The fourth-order valence-electron chi connectivity index (χ4n) is 8.31. The van der Waals surface area contributed by atoms with Crippen molar-refractivity contribution in [1.82, 2.24) is 0 Å². The Morgan fingerprint density at radius 3 is 1.36 bits per heavy atom. The molecule has 0 aliphatic heterocycles. The first-order valence-electron chi connectivity index (χ1n) is 26.8. The van der Waals surface area contributed by atoms with Crippen molar-refractivity contribution in [3.8, 4) is 0 Å². The van der Waals surface area contributed by atoms with Crippen molar-refractivity contribution in [2.24, 2.45) is 0 Å². The topological polar surface area (TPSA) is 192 Å². The van der Waals surface area contributed by atoms with Crippen LogP contribution in [0, 0.1) is 0 Å². The van der Waals surface area contributed by atoms with E-state index in [2.05, 4.69) is 50.3 Å². The van der Waals surface area contributed by atoms with Gasteiger partial charge in [0.2, 0.25) is 0 Å². The monoisotopic (exact) mass is 959 g/mol. The van der Waals surface area contributed by atoms with Crippen LogP contribution in [0.2, 0.25) is 0 Å². The minimum atomic E-state index is -5.02. The summed E-state index contributed by atoms with van der Waals surface area (Å²) in [4.78, 5) is 23.3. The Kier molecular flexibility index (Phi) is 41.3. The second-order valence-corrected chi connectivity index (χ2v) is 20.1. The number of phosphoric acid groups is 1. The van der Waals surface area contributed by atoms with Gasteiger partial charge in [-0.1, -0.05) is 217 Å². The third-order valence-corrected chi connectivity index (χ3v) is 13.5. The second-order valence-electron chi connectivity index (χ2n) is 18.7. The lowest BCUT2D eigenvalue weighted by atomic mass is 9.85. The fraction of sp³-hybridized carbons (Fsp3) is 0.868. The molecule has 388 valence electrons. The van der Waals surface area contributed by atoms with Gasteiger partial charge in [0.05, 0.1) is 13.2 Å². The Bertz CT molecular complexity index is 1230. The largest absolute Gasteiger partial charge is 0.472 e. The molecule has 6 atom stereocenters. The Hall–Kier alpha value is -1.44. The number of hydrogen-bond donors (Lipinski definition) is 6. The molecule has 0 bridgehead atoms. The van der Waals surface area contributed by atoms with E-state index in [1.54, 1.807) is 0 Å². The Morgan fingerprint density at radius 1 is 0.500 bits per heavy atom.